The van der Waals surface area contributed by atoms with E-state index in [0.29, 0.717) is 16.9 Å². The molecule has 2 N–H and O–H groups in total. The Morgan fingerprint density at radius 1 is 1.36 bits per heavy atom. The average molecular weight is 411 g/mol. The maximum Gasteiger partial charge on any atom is 0.223 e. The molecule has 3 heterocycles. The van der Waals surface area contributed by atoms with Gasteiger partial charge in [-0.3, -0.25) is 9.36 Å². The third-order valence-corrected chi connectivity index (χ3v) is 6.37. The van der Waals surface area contributed by atoms with Gasteiger partial charge < -0.3 is 10.3 Å². The maximum absolute atomic E-state index is 11.2. The standard InChI is InChI=1S/C19H18N6OS2/c1-11(26)21-18-22-12(9-27-18)10-28-19-24-23-17(25(19)13-6-7-13)15-8-20-16-5-3-2-4-14(15)16/h2-5,8-9,13,20H,6-7,10H2,1H3,(H,21,22,26). The van der Waals surface area contributed by atoms with E-state index in [1.54, 1.807) is 11.8 Å². The van der Waals surface area contributed by atoms with E-state index in [1.807, 2.05) is 23.7 Å². The van der Waals surface area contributed by atoms with Gasteiger partial charge in [0.25, 0.3) is 0 Å². The first kappa shape index (κ1) is 17.4. The lowest BCUT2D eigenvalue weighted by Gasteiger charge is -2.07. The minimum Gasteiger partial charge on any atom is -0.360 e. The minimum atomic E-state index is -0.106. The second-order valence-electron chi connectivity index (χ2n) is 6.77. The van der Waals surface area contributed by atoms with Gasteiger partial charge in [-0.1, -0.05) is 30.0 Å². The van der Waals surface area contributed by atoms with Crippen LogP contribution in [0.4, 0.5) is 5.13 Å². The molecule has 0 atom stereocenters. The van der Waals surface area contributed by atoms with E-state index >= 15 is 0 Å². The lowest BCUT2D eigenvalue weighted by molar-refractivity contribution is -0.114. The van der Waals surface area contributed by atoms with Crippen LogP contribution in [0.15, 0.2) is 41.0 Å². The normalized spacial score (nSPS) is 13.9. The van der Waals surface area contributed by atoms with E-state index in [2.05, 4.69) is 42.2 Å². The lowest BCUT2D eigenvalue weighted by Crippen LogP contribution is -2.05. The van der Waals surface area contributed by atoms with Crippen LogP contribution in [0.25, 0.3) is 22.3 Å². The topological polar surface area (TPSA) is 88.5 Å². The van der Waals surface area contributed by atoms with Crippen molar-refractivity contribution in [2.45, 2.75) is 36.7 Å². The van der Waals surface area contributed by atoms with Crippen molar-refractivity contribution in [3.05, 3.63) is 41.5 Å². The minimum absolute atomic E-state index is 0.106. The van der Waals surface area contributed by atoms with Gasteiger partial charge in [0.15, 0.2) is 16.1 Å². The van der Waals surface area contributed by atoms with Gasteiger partial charge in [-0.2, -0.15) is 0 Å². The van der Waals surface area contributed by atoms with E-state index in [9.17, 15) is 4.79 Å². The summed E-state index contributed by atoms with van der Waals surface area (Å²) < 4.78 is 2.27. The zero-order valence-electron chi connectivity index (χ0n) is 15.2. The number of rotatable bonds is 6. The third-order valence-electron chi connectivity index (χ3n) is 4.59. The van der Waals surface area contributed by atoms with Crippen molar-refractivity contribution >= 4 is 45.0 Å². The number of thiazole rings is 1. The number of thioether (sulfide) groups is 1. The molecule has 1 amide bonds. The molecule has 4 aromatic rings. The number of benzene rings is 1. The summed E-state index contributed by atoms with van der Waals surface area (Å²) in [7, 11) is 0. The Bertz CT molecular complexity index is 1160. The Labute approximate surface area is 169 Å². The number of nitrogens with zero attached hydrogens (tertiary/aromatic N) is 4. The Morgan fingerprint density at radius 3 is 3.04 bits per heavy atom. The van der Waals surface area contributed by atoms with Gasteiger partial charge in [0, 0.05) is 46.8 Å². The van der Waals surface area contributed by atoms with Crippen molar-refractivity contribution in [3.8, 4) is 11.4 Å². The van der Waals surface area contributed by atoms with Crippen molar-refractivity contribution in [2.24, 2.45) is 0 Å². The molecule has 1 saturated carbocycles. The molecule has 0 saturated heterocycles. The summed E-state index contributed by atoms with van der Waals surface area (Å²) >= 11 is 3.07. The van der Waals surface area contributed by atoms with Crippen LogP contribution in [0, 0.1) is 0 Å². The molecule has 7 nitrogen and oxygen atoms in total. The largest absolute Gasteiger partial charge is 0.360 e. The summed E-state index contributed by atoms with van der Waals surface area (Å²) in [6.07, 6.45) is 4.33. The van der Waals surface area contributed by atoms with E-state index in [-0.39, 0.29) is 5.91 Å². The zero-order valence-corrected chi connectivity index (χ0v) is 16.8. The predicted molar refractivity (Wildman–Crippen MR) is 112 cm³/mol. The van der Waals surface area contributed by atoms with E-state index in [4.69, 9.17) is 0 Å². The van der Waals surface area contributed by atoms with E-state index in [1.165, 1.54) is 18.3 Å². The molecule has 0 spiro atoms. The van der Waals surface area contributed by atoms with Crippen molar-refractivity contribution in [1.82, 2.24) is 24.7 Å². The second-order valence-corrected chi connectivity index (χ2v) is 8.57. The van der Waals surface area contributed by atoms with Gasteiger partial charge in [-0.15, -0.1) is 21.5 Å². The van der Waals surface area contributed by atoms with Crippen LogP contribution < -0.4 is 5.32 Å². The van der Waals surface area contributed by atoms with Crippen molar-refractivity contribution in [2.75, 3.05) is 5.32 Å². The van der Waals surface area contributed by atoms with E-state index in [0.717, 1.165) is 46.0 Å². The third kappa shape index (κ3) is 3.31. The number of aromatic nitrogens is 5. The molecule has 5 rings (SSSR count). The number of amides is 1. The number of para-hydroxylation sites is 1. The van der Waals surface area contributed by atoms with E-state index < -0.39 is 0 Å². The molecular formula is C19H18N6OS2. The van der Waals surface area contributed by atoms with Crippen molar-refractivity contribution in [1.29, 1.82) is 0 Å². The summed E-state index contributed by atoms with van der Waals surface area (Å²) in [5.41, 5.74) is 3.12. The highest BCUT2D eigenvalue weighted by Gasteiger charge is 2.31. The fraction of sp³-hybridized carbons (Fsp3) is 0.263. The van der Waals surface area contributed by atoms with Crippen LogP contribution in [-0.4, -0.2) is 30.6 Å². The van der Waals surface area contributed by atoms with Crippen LogP contribution in [0.2, 0.25) is 0 Å². The Balaban J connectivity index is 1.42. The number of carbonyl (C=O) groups excluding carboxylic acids is 1. The highest BCUT2D eigenvalue weighted by Crippen LogP contribution is 2.42. The number of aromatic amines is 1. The molecule has 0 radical (unpaired) electrons. The fourth-order valence-corrected chi connectivity index (χ4v) is 4.96. The monoisotopic (exact) mass is 410 g/mol. The SMILES string of the molecule is CC(=O)Nc1nc(CSc2nnc(-c3c[nH]c4ccccc34)n2C2CC2)cs1. The molecule has 9 heteroatoms. The summed E-state index contributed by atoms with van der Waals surface area (Å²) in [5, 5.41) is 16.4. The highest BCUT2D eigenvalue weighted by atomic mass is 32.2. The smallest absolute Gasteiger partial charge is 0.223 e. The van der Waals surface area contributed by atoms with Gasteiger partial charge in [0.2, 0.25) is 5.91 Å². The Kier molecular flexibility index (Phi) is 4.40. The number of hydrogen-bond donors (Lipinski definition) is 2. The van der Waals surface area contributed by atoms with Crippen LogP contribution in [0.5, 0.6) is 0 Å². The molecule has 0 bridgehead atoms. The molecule has 28 heavy (non-hydrogen) atoms. The van der Waals surface area contributed by atoms with Crippen LogP contribution in [0.1, 0.15) is 31.5 Å². The molecule has 1 aliphatic rings. The number of hydrogen-bond acceptors (Lipinski definition) is 6. The van der Waals surface area contributed by atoms with Crippen LogP contribution in [0.3, 0.4) is 0 Å². The average Bonchev–Trinajstić information content (AvgIpc) is 3.10. The van der Waals surface area contributed by atoms with Crippen molar-refractivity contribution in [3.63, 3.8) is 0 Å². The molecule has 1 fully saturated rings. The predicted octanol–water partition coefficient (Wildman–Crippen LogP) is 4.47. The first-order valence-electron chi connectivity index (χ1n) is 9.05. The fourth-order valence-electron chi connectivity index (χ4n) is 3.20. The molecular weight excluding hydrogens is 392 g/mol. The number of nitrogens with one attached hydrogen (secondary N) is 2. The Hall–Kier alpha value is -2.65. The molecule has 1 aliphatic carbocycles. The zero-order chi connectivity index (χ0) is 19.1. The molecule has 1 aromatic carbocycles. The van der Waals surface area contributed by atoms with Gasteiger partial charge in [-0.25, -0.2) is 4.98 Å². The maximum atomic E-state index is 11.2. The van der Waals surface area contributed by atoms with Crippen LogP contribution >= 0.6 is 23.1 Å². The molecule has 142 valence electrons. The summed E-state index contributed by atoms with van der Waals surface area (Å²) in [6.45, 7) is 1.49. The number of carbonyl (C=O) groups is 1. The summed E-state index contributed by atoms with van der Waals surface area (Å²) in [4.78, 5) is 18.9. The Morgan fingerprint density at radius 2 is 2.21 bits per heavy atom. The first-order valence-corrected chi connectivity index (χ1v) is 10.9. The van der Waals surface area contributed by atoms with Crippen molar-refractivity contribution < 1.29 is 4.79 Å². The second kappa shape index (κ2) is 7.06. The summed E-state index contributed by atoms with van der Waals surface area (Å²) in [5.74, 6) is 1.50. The molecule has 3 aromatic heterocycles. The first-order chi connectivity index (χ1) is 13.7. The molecule has 0 unspecified atom stereocenters. The van der Waals surface area contributed by atoms with Gasteiger partial charge >= 0.3 is 0 Å². The number of fused-ring (bicyclic) bond motifs is 1. The molecule has 0 aliphatic heterocycles. The van der Waals surface area contributed by atoms with Crippen LogP contribution in [-0.2, 0) is 10.5 Å². The van der Waals surface area contributed by atoms with Gasteiger partial charge in [0.1, 0.15) is 0 Å². The highest BCUT2D eigenvalue weighted by molar-refractivity contribution is 7.98. The van der Waals surface area contributed by atoms with Gasteiger partial charge in [-0.05, 0) is 18.9 Å². The number of H-pyrrole nitrogens is 1. The van der Waals surface area contributed by atoms with Gasteiger partial charge in [0.05, 0.1) is 5.69 Å². The number of anilines is 1. The quantitative estimate of drug-likeness (QED) is 0.458. The lowest BCUT2D eigenvalue weighted by atomic mass is 10.1. The summed E-state index contributed by atoms with van der Waals surface area (Å²) in [6, 6.07) is 8.72.